The van der Waals surface area contributed by atoms with Crippen molar-refractivity contribution in [3.63, 3.8) is 0 Å². The first-order valence-corrected chi connectivity index (χ1v) is 6.40. The normalized spacial score (nSPS) is 10.6. The van der Waals surface area contributed by atoms with E-state index in [9.17, 15) is 13.2 Å². The Morgan fingerprint density at radius 3 is 2.26 bits per heavy atom. The summed E-state index contributed by atoms with van der Waals surface area (Å²) >= 11 is 3.39. The molecule has 0 atom stereocenters. The first-order valence-electron chi connectivity index (χ1n) is 5.61. The number of aryl methyl sites for hydroxylation is 1. The van der Waals surface area contributed by atoms with Crippen LogP contribution in [0.1, 0.15) is 11.1 Å². The highest BCUT2D eigenvalue weighted by Gasteiger charge is 2.10. The Kier molecular flexibility index (Phi) is 4.14. The van der Waals surface area contributed by atoms with Crippen LogP contribution in [-0.4, -0.2) is 0 Å². The minimum atomic E-state index is -1.44. The minimum absolute atomic E-state index is 0.204. The van der Waals surface area contributed by atoms with Crippen LogP contribution in [0.5, 0.6) is 0 Å². The van der Waals surface area contributed by atoms with E-state index in [-0.39, 0.29) is 6.54 Å². The monoisotopic (exact) mass is 329 g/mol. The fraction of sp³-hybridized carbons (Fsp3) is 0.143. The molecule has 2 aromatic rings. The van der Waals surface area contributed by atoms with Crippen LogP contribution in [-0.2, 0) is 6.54 Å². The second-order valence-electron chi connectivity index (χ2n) is 4.21. The molecule has 0 bridgehead atoms. The Bertz CT molecular complexity index is 591. The first kappa shape index (κ1) is 13.9. The predicted molar refractivity (Wildman–Crippen MR) is 72.5 cm³/mol. The van der Waals surface area contributed by atoms with E-state index in [0.29, 0.717) is 5.56 Å². The summed E-state index contributed by atoms with van der Waals surface area (Å²) in [5, 5.41) is 3.03. The van der Waals surface area contributed by atoms with Crippen molar-refractivity contribution in [1.29, 1.82) is 0 Å². The van der Waals surface area contributed by atoms with Gasteiger partial charge in [0.05, 0.1) is 0 Å². The molecule has 0 heterocycles. The lowest BCUT2D eigenvalue weighted by Crippen LogP contribution is -2.03. The molecule has 0 radical (unpaired) electrons. The van der Waals surface area contributed by atoms with E-state index >= 15 is 0 Å². The fourth-order valence-electron chi connectivity index (χ4n) is 1.67. The summed E-state index contributed by atoms with van der Waals surface area (Å²) < 4.78 is 39.8. The lowest BCUT2D eigenvalue weighted by molar-refractivity contribution is 0.445. The molecule has 0 aliphatic rings. The maximum Gasteiger partial charge on any atom is 0.194 e. The maximum atomic E-state index is 13.0. The molecular formula is C14H11BrF3N. The van der Waals surface area contributed by atoms with Gasteiger partial charge in [-0.05, 0) is 58.2 Å². The highest BCUT2D eigenvalue weighted by molar-refractivity contribution is 9.10. The van der Waals surface area contributed by atoms with Crippen LogP contribution in [0.3, 0.4) is 0 Å². The average Bonchev–Trinajstić information content (AvgIpc) is 2.34. The first-order chi connectivity index (χ1) is 8.97. The Balaban J connectivity index is 2.14. The van der Waals surface area contributed by atoms with Gasteiger partial charge in [-0.25, -0.2) is 13.2 Å². The van der Waals surface area contributed by atoms with Crippen molar-refractivity contribution in [2.75, 3.05) is 5.32 Å². The van der Waals surface area contributed by atoms with Crippen LogP contribution < -0.4 is 5.32 Å². The van der Waals surface area contributed by atoms with Gasteiger partial charge in [0.1, 0.15) is 0 Å². The molecule has 2 rings (SSSR count). The number of benzene rings is 2. The molecule has 100 valence electrons. The van der Waals surface area contributed by atoms with Crippen molar-refractivity contribution in [2.24, 2.45) is 0 Å². The Morgan fingerprint density at radius 1 is 1.05 bits per heavy atom. The number of hydrogen-bond acceptors (Lipinski definition) is 1. The summed E-state index contributed by atoms with van der Waals surface area (Å²) in [5.74, 6) is -3.81. The van der Waals surface area contributed by atoms with Gasteiger partial charge < -0.3 is 5.32 Å². The quantitative estimate of drug-likeness (QED) is 0.798. The number of hydrogen-bond donors (Lipinski definition) is 1. The van der Waals surface area contributed by atoms with Gasteiger partial charge in [0, 0.05) is 16.7 Å². The van der Waals surface area contributed by atoms with Crippen LogP contribution in [0.4, 0.5) is 18.9 Å². The summed E-state index contributed by atoms with van der Waals surface area (Å²) in [4.78, 5) is 0. The van der Waals surface area contributed by atoms with Gasteiger partial charge in [-0.15, -0.1) is 0 Å². The number of nitrogens with one attached hydrogen (secondary N) is 1. The third-order valence-corrected chi connectivity index (χ3v) is 3.31. The topological polar surface area (TPSA) is 12.0 Å². The molecule has 0 aromatic heterocycles. The van der Waals surface area contributed by atoms with Crippen molar-refractivity contribution < 1.29 is 13.2 Å². The molecule has 0 amide bonds. The second-order valence-corrected chi connectivity index (χ2v) is 5.06. The molecule has 0 fully saturated rings. The van der Waals surface area contributed by atoms with E-state index in [1.807, 2.05) is 25.1 Å². The lowest BCUT2D eigenvalue weighted by Gasteiger charge is -2.10. The summed E-state index contributed by atoms with van der Waals surface area (Å²) in [6.45, 7) is 2.16. The van der Waals surface area contributed by atoms with Gasteiger partial charge in [-0.3, -0.25) is 0 Å². The maximum absolute atomic E-state index is 13.0. The van der Waals surface area contributed by atoms with E-state index < -0.39 is 17.5 Å². The lowest BCUT2D eigenvalue weighted by atomic mass is 10.2. The highest BCUT2D eigenvalue weighted by Crippen LogP contribution is 2.24. The molecule has 0 aliphatic carbocycles. The van der Waals surface area contributed by atoms with Gasteiger partial charge in [0.15, 0.2) is 17.5 Å². The predicted octanol–water partition coefficient (Wildman–Crippen LogP) is 4.79. The van der Waals surface area contributed by atoms with Gasteiger partial charge >= 0.3 is 0 Å². The Hall–Kier alpha value is -1.49. The summed E-state index contributed by atoms with van der Waals surface area (Å²) in [6, 6.07) is 7.66. The standard InChI is InChI=1S/C14H11BrF3N/c1-8-2-3-13(10(15)4-8)19-7-9-5-11(16)14(18)12(17)6-9/h2-6,19H,7H2,1H3. The van der Waals surface area contributed by atoms with Crippen molar-refractivity contribution in [1.82, 2.24) is 0 Å². The molecule has 0 saturated heterocycles. The van der Waals surface area contributed by atoms with E-state index in [0.717, 1.165) is 27.9 Å². The second kappa shape index (κ2) is 5.65. The van der Waals surface area contributed by atoms with Crippen LogP contribution in [0.15, 0.2) is 34.8 Å². The molecule has 19 heavy (non-hydrogen) atoms. The molecule has 1 N–H and O–H groups in total. The smallest absolute Gasteiger partial charge is 0.194 e. The van der Waals surface area contributed by atoms with Gasteiger partial charge in [0.25, 0.3) is 0 Å². The largest absolute Gasteiger partial charge is 0.380 e. The molecule has 1 nitrogen and oxygen atoms in total. The third-order valence-electron chi connectivity index (χ3n) is 2.65. The van der Waals surface area contributed by atoms with E-state index in [1.54, 1.807) is 0 Å². The zero-order valence-electron chi connectivity index (χ0n) is 10.1. The van der Waals surface area contributed by atoms with E-state index in [1.165, 1.54) is 0 Å². The number of anilines is 1. The molecule has 0 unspecified atom stereocenters. The summed E-state index contributed by atoms with van der Waals surface area (Å²) in [6.07, 6.45) is 0. The fourth-order valence-corrected chi connectivity index (χ4v) is 2.30. The molecule has 5 heteroatoms. The van der Waals surface area contributed by atoms with Gasteiger partial charge in [-0.1, -0.05) is 6.07 Å². The number of halogens is 4. The van der Waals surface area contributed by atoms with Crippen molar-refractivity contribution in [2.45, 2.75) is 13.5 Å². The Labute approximate surface area is 117 Å². The summed E-state index contributed by atoms with van der Waals surface area (Å²) in [5.41, 5.74) is 2.23. The Morgan fingerprint density at radius 2 is 1.68 bits per heavy atom. The van der Waals surface area contributed by atoms with Crippen LogP contribution in [0.25, 0.3) is 0 Å². The van der Waals surface area contributed by atoms with Gasteiger partial charge in [-0.2, -0.15) is 0 Å². The minimum Gasteiger partial charge on any atom is -0.380 e. The molecule has 0 aliphatic heterocycles. The van der Waals surface area contributed by atoms with E-state index in [2.05, 4.69) is 21.2 Å². The van der Waals surface area contributed by atoms with Gasteiger partial charge in [0.2, 0.25) is 0 Å². The number of rotatable bonds is 3. The van der Waals surface area contributed by atoms with Crippen molar-refractivity contribution in [3.8, 4) is 0 Å². The van der Waals surface area contributed by atoms with E-state index in [4.69, 9.17) is 0 Å². The molecular weight excluding hydrogens is 319 g/mol. The molecule has 0 saturated carbocycles. The van der Waals surface area contributed by atoms with Crippen LogP contribution in [0.2, 0.25) is 0 Å². The molecule has 2 aromatic carbocycles. The van der Waals surface area contributed by atoms with Crippen LogP contribution >= 0.6 is 15.9 Å². The molecule has 0 spiro atoms. The zero-order chi connectivity index (χ0) is 14.0. The zero-order valence-corrected chi connectivity index (χ0v) is 11.7. The highest BCUT2D eigenvalue weighted by atomic mass is 79.9. The van der Waals surface area contributed by atoms with Crippen molar-refractivity contribution >= 4 is 21.6 Å². The van der Waals surface area contributed by atoms with Crippen molar-refractivity contribution in [3.05, 3.63) is 63.4 Å². The third kappa shape index (κ3) is 3.29. The van der Waals surface area contributed by atoms with Crippen LogP contribution in [0, 0.1) is 24.4 Å². The SMILES string of the molecule is Cc1ccc(NCc2cc(F)c(F)c(F)c2)c(Br)c1. The summed E-state index contributed by atoms with van der Waals surface area (Å²) in [7, 11) is 0. The average molecular weight is 330 g/mol.